The molecule has 0 aromatic carbocycles. The lowest BCUT2D eigenvalue weighted by Gasteiger charge is -2.05. The second kappa shape index (κ2) is 3.46. The molecule has 6 heteroatoms. The molecule has 1 heterocycles. The summed E-state index contributed by atoms with van der Waals surface area (Å²) in [6.07, 6.45) is 3.57. The average molecular weight is 222 g/mol. The zero-order chi connectivity index (χ0) is 10.2. The maximum Gasteiger partial charge on any atom is 0.323 e. The van der Waals surface area contributed by atoms with E-state index in [4.69, 9.17) is 11.6 Å². The van der Waals surface area contributed by atoms with Gasteiger partial charge in [0.15, 0.2) is 0 Å². The van der Waals surface area contributed by atoms with Crippen LogP contribution in [0.2, 0.25) is 0 Å². The van der Waals surface area contributed by atoms with Crippen LogP contribution in [0.25, 0.3) is 0 Å². The average Bonchev–Trinajstić information content (AvgIpc) is 2.81. The molecule has 0 atom stereocenters. The minimum atomic E-state index is -3.15. The Labute approximate surface area is 85.0 Å². The van der Waals surface area contributed by atoms with Crippen molar-refractivity contribution in [3.05, 3.63) is 11.9 Å². The Hall–Kier alpha value is -0.710. The Kier molecular flexibility index (Phi) is 2.43. The van der Waals surface area contributed by atoms with E-state index in [0.717, 1.165) is 18.5 Å². The summed E-state index contributed by atoms with van der Waals surface area (Å²) in [4.78, 5) is 0. The lowest BCUT2D eigenvalue weighted by atomic mass is 10.3. The van der Waals surface area contributed by atoms with Crippen LogP contribution in [0, 0.1) is 0 Å². The molecule has 0 bridgehead atoms. The smallest absolute Gasteiger partial charge is 0.252 e. The van der Waals surface area contributed by atoms with Crippen molar-refractivity contribution in [1.82, 2.24) is 15.0 Å². The summed E-state index contributed by atoms with van der Waals surface area (Å²) in [7, 11) is 0. The molecule has 1 aromatic heterocycles. The molecule has 14 heavy (non-hydrogen) atoms. The van der Waals surface area contributed by atoms with Gasteiger partial charge in [-0.1, -0.05) is 5.21 Å². The second-order valence-electron chi connectivity index (χ2n) is 3.55. The molecule has 0 aliphatic heterocycles. The Bertz CT molecular complexity index is 317. The lowest BCUT2D eigenvalue weighted by molar-refractivity contribution is 0.0794. The lowest BCUT2D eigenvalue weighted by Crippen LogP contribution is -2.11. The van der Waals surface area contributed by atoms with Crippen molar-refractivity contribution < 1.29 is 8.78 Å². The van der Waals surface area contributed by atoms with E-state index in [-0.39, 0.29) is 6.54 Å². The van der Waals surface area contributed by atoms with Gasteiger partial charge in [0, 0.05) is 25.1 Å². The Morgan fingerprint density at radius 1 is 1.57 bits per heavy atom. The fraction of sp³-hybridized carbons (Fsp3) is 0.750. The highest BCUT2D eigenvalue weighted by Gasteiger charge is 2.27. The maximum atomic E-state index is 12.3. The monoisotopic (exact) mass is 221 g/mol. The number of hydrogen-bond donors (Lipinski definition) is 0. The Morgan fingerprint density at radius 2 is 2.29 bits per heavy atom. The molecule has 0 amide bonds. The first kappa shape index (κ1) is 9.83. The first-order chi connectivity index (χ1) is 6.54. The topological polar surface area (TPSA) is 30.7 Å². The van der Waals surface area contributed by atoms with Gasteiger partial charge in [0.2, 0.25) is 0 Å². The van der Waals surface area contributed by atoms with E-state index in [1.807, 2.05) is 0 Å². The van der Waals surface area contributed by atoms with Crippen LogP contribution in [0.5, 0.6) is 0 Å². The molecule has 1 aromatic rings. The molecule has 0 radical (unpaired) electrons. The molecular formula is C8H10ClF2N3. The number of aryl methyl sites for hydroxylation is 1. The predicted molar refractivity (Wildman–Crippen MR) is 47.4 cm³/mol. The zero-order valence-electron chi connectivity index (χ0n) is 7.46. The molecule has 0 N–H and O–H groups in total. The van der Waals surface area contributed by atoms with Crippen molar-refractivity contribution in [1.29, 1.82) is 0 Å². The first-order valence-corrected chi connectivity index (χ1v) is 4.89. The number of aromatic nitrogens is 3. The van der Waals surface area contributed by atoms with E-state index < -0.39 is 11.8 Å². The van der Waals surface area contributed by atoms with Crippen LogP contribution in [0.4, 0.5) is 8.78 Å². The predicted octanol–water partition coefficient (Wildman–Crippen LogP) is 2.38. The highest BCUT2D eigenvalue weighted by atomic mass is 35.5. The van der Waals surface area contributed by atoms with E-state index in [1.165, 1.54) is 4.68 Å². The van der Waals surface area contributed by atoms with Gasteiger partial charge in [0.1, 0.15) is 0 Å². The van der Waals surface area contributed by atoms with Crippen molar-refractivity contribution in [3.63, 3.8) is 0 Å². The molecule has 0 spiro atoms. The summed E-state index contributed by atoms with van der Waals surface area (Å²) < 4.78 is 26.0. The van der Waals surface area contributed by atoms with Gasteiger partial charge < -0.3 is 0 Å². The summed E-state index contributed by atoms with van der Waals surface area (Å²) in [5, 5.41) is 4.51. The molecule has 1 aliphatic rings. The highest BCUT2D eigenvalue weighted by Crippen LogP contribution is 2.38. The summed E-state index contributed by atoms with van der Waals surface area (Å²) in [6, 6.07) is 0. The third-order valence-corrected chi connectivity index (χ3v) is 2.37. The number of rotatable bonds is 4. The van der Waals surface area contributed by atoms with Gasteiger partial charge in [-0.15, -0.1) is 5.10 Å². The fourth-order valence-corrected chi connectivity index (χ4v) is 1.31. The minimum Gasteiger partial charge on any atom is -0.252 e. The Balaban J connectivity index is 1.90. The van der Waals surface area contributed by atoms with Crippen LogP contribution in [-0.4, -0.2) is 20.4 Å². The van der Waals surface area contributed by atoms with Crippen molar-refractivity contribution >= 4 is 11.6 Å². The second-order valence-corrected chi connectivity index (χ2v) is 4.10. The molecule has 0 unspecified atom stereocenters. The Morgan fingerprint density at radius 3 is 2.86 bits per heavy atom. The number of halogens is 3. The van der Waals surface area contributed by atoms with Gasteiger partial charge in [-0.3, -0.25) is 4.68 Å². The maximum absolute atomic E-state index is 12.3. The summed E-state index contributed by atoms with van der Waals surface area (Å²) in [5.74, 6) is 0.500. The number of hydrogen-bond acceptors (Lipinski definition) is 2. The van der Waals surface area contributed by atoms with Gasteiger partial charge in [-0.05, 0) is 24.4 Å². The van der Waals surface area contributed by atoms with Crippen molar-refractivity contribution in [2.24, 2.45) is 0 Å². The highest BCUT2D eigenvalue weighted by molar-refractivity contribution is 6.21. The summed E-state index contributed by atoms with van der Waals surface area (Å²) >= 11 is 4.77. The first-order valence-electron chi connectivity index (χ1n) is 4.51. The van der Waals surface area contributed by atoms with Crippen LogP contribution < -0.4 is 0 Å². The van der Waals surface area contributed by atoms with Gasteiger partial charge in [-0.25, -0.2) is 0 Å². The number of alkyl halides is 3. The van der Waals surface area contributed by atoms with Gasteiger partial charge >= 0.3 is 5.38 Å². The molecule has 0 saturated heterocycles. The third kappa shape index (κ3) is 2.64. The normalized spacial score (nSPS) is 17.4. The van der Waals surface area contributed by atoms with Crippen LogP contribution in [0.1, 0.15) is 30.9 Å². The van der Waals surface area contributed by atoms with Crippen LogP contribution >= 0.6 is 11.6 Å². The third-order valence-electron chi connectivity index (χ3n) is 2.18. The van der Waals surface area contributed by atoms with Crippen molar-refractivity contribution in [2.45, 2.75) is 37.1 Å². The largest absolute Gasteiger partial charge is 0.323 e. The van der Waals surface area contributed by atoms with Crippen LogP contribution in [0.15, 0.2) is 6.20 Å². The van der Waals surface area contributed by atoms with E-state index in [2.05, 4.69) is 10.3 Å². The van der Waals surface area contributed by atoms with Crippen molar-refractivity contribution in [2.75, 3.05) is 0 Å². The van der Waals surface area contributed by atoms with Crippen LogP contribution in [0.3, 0.4) is 0 Å². The quantitative estimate of drug-likeness (QED) is 0.731. The SMILES string of the molecule is FC(F)(Cl)CCn1cc(C2CC2)nn1. The molecule has 3 nitrogen and oxygen atoms in total. The minimum absolute atomic E-state index is 0.107. The molecule has 2 rings (SSSR count). The summed E-state index contributed by atoms with van der Waals surface area (Å²) in [6.45, 7) is 0.107. The molecule has 1 fully saturated rings. The van der Waals surface area contributed by atoms with Gasteiger partial charge in [0.25, 0.3) is 0 Å². The standard InChI is InChI=1S/C8H10ClF2N3/c9-8(10,11)3-4-14-5-7(12-13-14)6-1-2-6/h5-6H,1-4H2. The van der Waals surface area contributed by atoms with Crippen molar-refractivity contribution in [3.8, 4) is 0 Å². The van der Waals surface area contributed by atoms with E-state index in [9.17, 15) is 8.78 Å². The van der Waals surface area contributed by atoms with Crippen LogP contribution in [-0.2, 0) is 6.54 Å². The molecule has 78 valence electrons. The van der Waals surface area contributed by atoms with Gasteiger partial charge in [-0.2, -0.15) is 8.78 Å². The zero-order valence-corrected chi connectivity index (χ0v) is 8.21. The molecule has 1 aliphatic carbocycles. The van der Waals surface area contributed by atoms with E-state index >= 15 is 0 Å². The van der Waals surface area contributed by atoms with E-state index in [0.29, 0.717) is 5.92 Å². The summed E-state index contributed by atoms with van der Waals surface area (Å²) in [5.41, 5.74) is 0.905. The number of nitrogens with zero attached hydrogens (tertiary/aromatic N) is 3. The fourth-order valence-electron chi connectivity index (χ4n) is 1.23. The molecule has 1 saturated carbocycles. The van der Waals surface area contributed by atoms with Gasteiger partial charge in [0.05, 0.1) is 5.69 Å². The molecular weight excluding hydrogens is 212 g/mol. The van der Waals surface area contributed by atoms with E-state index in [1.54, 1.807) is 6.20 Å².